The van der Waals surface area contributed by atoms with Gasteiger partial charge < -0.3 is 14.5 Å². The van der Waals surface area contributed by atoms with Crippen LogP contribution in [0.2, 0.25) is 0 Å². The minimum Gasteiger partial charge on any atom is -0.378 e. The Bertz CT molecular complexity index is 821. The lowest BCUT2D eigenvalue weighted by molar-refractivity contribution is 0.122. The summed E-state index contributed by atoms with van der Waals surface area (Å²) in [6.45, 7) is 11.4. The van der Waals surface area contributed by atoms with Gasteiger partial charge in [0.1, 0.15) is 11.6 Å². The van der Waals surface area contributed by atoms with E-state index in [1.54, 1.807) is 0 Å². The number of aryl methyl sites for hydroxylation is 3. The fourth-order valence-corrected chi connectivity index (χ4v) is 4.12. The van der Waals surface area contributed by atoms with Crippen molar-refractivity contribution >= 4 is 11.8 Å². The molecule has 4 rings (SSSR count). The van der Waals surface area contributed by atoms with Gasteiger partial charge in [-0.2, -0.15) is 0 Å². The van der Waals surface area contributed by atoms with Crippen molar-refractivity contribution in [3.8, 4) is 0 Å². The number of morpholine rings is 1. The van der Waals surface area contributed by atoms with Crippen LogP contribution in [0.15, 0.2) is 12.3 Å². The van der Waals surface area contributed by atoms with Crippen molar-refractivity contribution in [2.75, 3.05) is 49.2 Å². The van der Waals surface area contributed by atoms with Gasteiger partial charge in [-0.3, -0.25) is 0 Å². The van der Waals surface area contributed by atoms with Gasteiger partial charge in [0.05, 0.1) is 18.9 Å². The molecular formula is C21H30N6O. The third kappa shape index (κ3) is 4.09. The van der Waals surface area contributed by atoms with Gasteiger partial charge in [-0.1, -0.05) is 6.92 Å². The van der Waals surface area contributed by atoms with Gasteiger partial charge in [-0.05, 0) is 38.7 Å². The van der Waals surface area contributed by atoms with Gasteiger partial charge in [-0.25, -0.2) is 19.9 Å². The second-order valence-electron chi connectivity index (χ2n) is 7.74. The van der Waals surface area contributed by atoms with Gasteiger partial charge >= 0.3 is 0 Å². The first-order valence-electron chi connectivity index (χ1n) is 10.4. The summed E-state index contributed by atoms with van der Waals surface area (Å²) in [5, 5.41) is 0. The van der Waals surface area contributed by atoms with E-state index in [1.165, 1.54) is 5.56 Å². The summed E-state index contributed by atoms with van der Waals surface area (Å²) in [6, 6.07) is 2.18. The number of rotatable bonds is 4. The Labute approximate surface area is 167 Å². The van der Waals surface area contributed by atoms with E-state index in [4.69, 9.17) is 14.7 Å². The van der Waals surface area contributed by atoms with Crippen molar-refractivity contribution in [1.29, 1.82) is 0 Å². The molecule has 150 valence electrons. The Morgan fingerprint density at radius 2 is 1.89 bits per heavy atom. The summed E-state index contributed by atoms with van der Waals surface area (Å²) in [6.07, 6.45) is 5.16. The lowest BCUT2D eigenvalue weighted by Gasteiger charge is -2.33. The Kier molecular flexibility index (Phi) is 5.71. The Morgan fingerprint density at radius 1 is 1.07 bits per heavy atom. The minimum atomic E-state index is 0.380. The van der Waals surface area contributed by atoms with E-state index in [0.717, 1.165) is 87.6 Å². The predicted octanol–water partition coefficient (Wildman–Crippen LogP) is 2.67. The summed E-state index contributed by atoms with van der Waals surface area (Å²) < 4.78 is 5.48. The zero-order valence-corrected chi connectivity index (χ0v) is 17.2. The Balaban J connectivity index is 1.55. The molecule has 2 aliphatic heterocycles. The molecule has 2 saturated heterocycles. The predicted molar refractivity (Wildman–Crippen MR) is 110 cm³/mol. The highest BCUT2D eigenvalue weighted by Gasteiger charge is 2.26. The van der Waals surface area contributed by atoms with Gasteiger partial charge in [0.15, 0.2) is 0 Å². The van der Waals surface area contributed by atoms with Crippen LogP contribution >= 0.6 is 0 Å². The molecular weight excluding hydrogens is 352 g/mol. The van der Waals surface area contributed by atoms with E-state index in [9.17, 15) is 0 Å². The molecule has 2 aromatic heterocycles. The highest BCUT2D eigenvalue weighted by atomic mass is 16.5. The molecule has 0 aromatic carbocycles. The fraction of sp³-hybridized carbons (Fsp3) is 0.619. The molecule has 2 aliphatic rings. The topological polar surface area (TPSA) is 67.3 Å². The van der Waals surface area contributed by atoms with Crippen molar-refractivity contribution < 1.29 is 4.74 Å². The van der Waals surface area contributed by atoms with Gasteiger partial charge in [0.25, 0.3) is 0 Å². The second kappa shape index (κ2) is 8.39. The zero-order valence-electron chi connectivity index (χ0n) is 17.2. The normalized spacial score (nSPS) is 20.5. The third-order valence-electron chi connectivity index (χ3n) is 5.70. The van der Waals surface area contributed by atoms with E-state index in [-0.39, 0.29) is 0 Å². The summed E-state index contributed by atoms with van der Waals surface area (Å²) in [5.41, 5.74) is 3.45. The number of anilines is 2. The quantitative estimate of drug-likeness (QED) is 0.805. The molecule has 7 heteroatoms. The molecule has 1 atom stereocenters. The third-order valence-corrected chi connectivity index (χ3v) is 5.70. The summed E-state index contributed by atoms with van der Waals surface area (Å²) in [7, 11) is 0. The maximum atomic E-state index is 5.48. The number of nitrogens with zero attached hydrogens (tertiary/aromatic N) is 6. The average Bonchev–Trinajstić information content (AvgIpc) is 2.74. The number of ether oxygens (including phenoxy) is 1. The second-order valence-corrected chi connectivity index (χ2v) is 7.74. The smallest absolute Gasteiger partial charge is 0.225 e. The Morgan fingerprint density at radius 3 is 2.68 bits per heavy atom. The highest BCUT2D eigenvalue weighted by Crippen LogP contribution is 2.29. The summed E-state index contributed by atoms with van der Waals surface area (Å²) in [4.78, 5) is 23.5. The lowest BCUT2D eigenvalue weighted by atomic mass is 9.94. The first kappa shape index (κ1) is 19.1. The van der Waals surface area contributed by atoms with Crippen LogP contribution < -0.4 is 9.80 Å². The molecule has 0 saturated carbocycles. The molecule has 7 nitrogen and oxygen atoms in total. The standard InChI is InChI=1S/C21H30N6O/c1-4-18-15(2)13-22-21(25-18)27-7-5-6-17(14-27)19-12-20(24-16(3)23-19)26-8-10-28-11-9-26/h12-13,17H,4-11,14H2,1-3H3/t17-/m1/s1. The first-order valence-corrected chi connectivity index (χ1v) is 10.4. The van der Waals surface area contributed by atoms with Crippen LogP contribution in [0.3, 0.4) is 0 Å². The van der Waals surface area contributed by atoms with Gasteiger partial charge in [-0.15, -0.1) is 0 Å². The molecule has 0 bridgehead atoms. The Hall–Kier alpha value is -2.28. The molecule has 2 fully saturated rings. The molecule has 2 aromatic rings. The van der Waals surface area contributed by atoms with Crippen LogP contribution in [0.1, 0.15) is 48.5 Å². The molecule has 28 heavy (non-hydrogen) atoms. The van der Waals surface area contributed by atoms with E-state index in [2.05, 4.69) is 39.7 Å². The van der Waals surface area contributed by atoms with Crippen LogP contribution in [-0.2, 0) is 11.2 Å². The largest absolute Gasteiger partial charge is 0.378 e. The molecule has 0 spiro atoms. The zero-order chi connectivity index (χ0) is 19.5. The molecule has 0 N–H and O–H groups in total. The van der Waals surface area contributed by atoms with Crippen molar-refractivity contribution in [1.82, 2.24) is 19.9 Å². The van der Waals surface area contributed by atoms with Crippen molar-refractivity contribution in [2.45, 2.75) is 46.0 Å². The average molecular weight is 383 g/mol. The van der Waals surface area contributed by atoms with Crippen LogP contribution in [0.25, 0.3) is 0 Å². The summed E-state index contributed by atoms with van der Waals surface area (Å²) in [5.74, 6) is 3.11. The van der Waals surface area contributed by atoms with Crippen molar-refractivity contribution in [2.24, 2.45) is 0 Å². The molecule has 0 radical (unpaired) electrons. The number of hydrogen-bond donors (Lipinski definition) is 0. The molecule has 0 aliphatic carbocycles. The number of hydrogen-bond acceptors (Lipinski definition) is 7. The van der Waals surface area contributed by atoms with E-state index in [1.807, 2.05) is 13.1 Å². The lowest BCUT2D eigenvalue weighted by Crippen LogP contribution is -2.38. The SMILES string of the molecule is CCc1nc(N2CCC[C@@H](c3cc(N4CCOCC4)nc(C)n3)C2)ncc1C. The van der Waals surface area contributed by atoms with Crippen LogP contribution in [0.5, 0.6) is 0 Å². The van der Waals surface area contributed by atoms with Crippen LogP contribution in [-0.4, -0.2) is 59.3 Å². The molecule has 4 heterocycles. The molecule has 0 unspecified atom stereocenters. The van der Waals surface area contributed by atoms with Crippen molar-refractivity contribution in [3.63, 3.8) is 0 Å². The number of aromatic nitrogens is 4. The van der Waals surface area contributed by atoms with E-state index in [0.29, 0.717) is 5.92 Å². The summed E-state index contributed by atoms with van der Waals surface area (Å²) >= 11 is 0. The van der Waals surface area contributed by atoms with Crippen LogP contribution in [0.4, 0.5) is 11.8 Å². The maximum absolute atomic E-state index is 5.48. The van der Waals surface area contributed by atoms with Crippen molar-refractivity contribution in [3.05, 3.63) is 35.0 Å². The molecule has 0 amide bonds. The van der Waals surface area contributed by atoms with E-state index >= 15 is 0 Å². The number of piperidine rings is 1. The maximum Gasteiger partial charge on any atom is 0.225 e. The highest BCUT2D eigenvalue weighted by molar-refractivity contribution is 5.42. The van der Waals surface area contributed by atoms with E-state index < -0.39 is 0 Å². The van der Waals surface area contributed by atoms with Gasteiger partial charge in [0.2, 0.25) is 5.95 Å². The monoisotopic (exact) mass is 382 g/mol. The fourth-order valence-electron chi connectivity index (χ4n) is 4.12. The van der Waals surface area contributed by atoms with Gasteiger partial charge in [0, 0.05) is 50.1 Å². The van der Waals surface area contributed by atoms with Crippen LogP contribution in [0, 0.1) is 13.8 Å². The minimum absolute atomic E-state index is 0.380. The first-order chi connectivity index (χ1) is 13.6.